The van der Waals surface area contributed by atoms with Crippen molar-refractivity contribution in [3.63, 3.8) is 0 Å². The Morgan fingerprint density at radius 3 is 2.59 bits per heavy atom. The van der Waals surface area contributed by atoms with Gasteiger partial charge in [0.25, 0.3) is 5.91 Å². The highest BCUT2D eigenvalue weighted by Gasteiger charge is 2.40. The molecule has 4 N–H and O–H groups in total. The summed E-state index contributed by atoms with van der Waals surface area (Å²) in [7, 11) is 0. The van der Waals surface area contributed by atoms with Gasteiger partial charge in [0, 0.05) is 31.4 Å². The number of likely N-dealkylation sites (tertiary alicyclic amines) is 1. The number of hydrogen-bond donors (Lipinski definition) is 4. The molecule has 2 atom stereocenters. The molecule has 3 aromatic rings. The lowest BCUT2D eigenvalue weighted by Gasteiger charge is -2.18. The van der Waals surface area contributed by atoms with Crippen LogP contribution in [0.3, 0.4) is 0 Å². The molecule has 4 rings (SSSR count). The van der Waals surface area contributed by atoms with Gasteiger partial charge in [-0.15, -0.1) is 0 Å². The molecule has 0 spiro atoms. The molecule has 0 bridgehead atoms. The minimum Gasteiger partial charge on any atom is -0.465 e. The van der Waals surface area contributed by atoms with Crippen LogP contribution in [0.1, 0.15) is 21.7 Å². The topological polar surface area (TPSA) is 150 Å². The summed E-state index contributed by atoms with van der Waals surface area (Å²) in [5, 5.41) is 20.8. The number of imidazole rings is 1. The zero-order valence-corrected chi connectivity index (χ0v) is 17.2. The van der Waals surface area contributed by atoms with Gasteiger partial charge in [0.2, 0.25) is 5.91 Å². The van der Waals surface area contributed by atoms with Crippen LogP contribution in [0.5, 0.6) is 0 Å². The zero-order valence-electron chi connectivity index (χ0n) is 17.2. The van der Waals surface area contributed by atoms with E-state index in [1.54, 1.807) is 18.3 Å². The molecule has 166 valence electrons. The number of aryl methyl sites for hydroxylation is 1. The van der Waals surface area contributed by atoms with Crippen molar-refractivity contribution >= 4 is 29.1 Å². The molecule has 11 heteroatoms. The third-order valence-corrected chi connectivity index (χ3v) is 5.63. The Labute approximate surface area is 182 Å². The van der Waals surface area contributed by atoms with E-state index in [-0.39, 0.29) is 13.1 Å². The molecule has 3 amide bonds. The number of carboxylic acid groups (broad SMARTS) is 1. The molecule has 0 unspecified atom stereocenters. The van der Waals surface area contributed by atoms with Gasteiger partial charge in [0.05, 0.1) is 17.5 Å². The summed E-state index contributed by atoms with van der Waals surface area (Å²) >= 11 is 0. The van der Waals surface area contributed by atoms with Gasteiger partial charge in [-0.3, -0.25) is 14.8 Å². The van der Waals surface area contributed by atoms with Gasteiger partial charge in [0.1, 0.15) is 5.82 Å². The second-order valence-electron chi connectivity index (χ2n) is 7.64. The average molecular weight is 438 g/mol. The maximum absolute atomic E-state index is 12.7. The summed E-state index contributed by atoms with van der Waals surface area (Å²) in [5.41, 5.74) is 4.47. The first-order chi connectivity index (χ1) is 15.4. The summed E-state index contributed by atoms with van der Waals surface area (Å²) in [4.78, 5) is 45.6. The molecule has 0 aliphatic carbocycles. The van der Waals surface area contributed by atoms with Crippen molar-refractivity contribution in [2.24, 2.45) is 5.92 Å². The van der Waals surface area contributed by atoms with E-state index in [1.807, 2.05) is 35.8 Å². The lowest BCUT2D eigenvalue weighted by molar-refractivity contribution is -0.133. The summed E-state index contributed by atoms with van der Waals surface area (Å²) in [6.45, 7) is 2.31. The van der Waals surface area contributed by atoms with Crippen LogP contribution < -0.4 is 10.8 Å². The van der Waals surface area contributed by atoms with Crippen molar-refractivity contribution in [2.75, 3.05) is 13.1 Å². The van der Waals surface area contributed by atoms with Crippen LogP contribution in [0.15, 0.2) is 42.6 Å². The van der Waals surface area contributed by atoms with Gasteiger partial charge in [-0.1, -0.05) is 12.1 Å². The van der Waals surface area contributed by atoms with Crippen LogP contribution in [-0.4, -0.2) is 66.8 Å². The van der Waals surface area contributed by atoms with Crippen LogP contribution in [-0.2, 0) is 11.3 Å². The van der Waals surface area contributed by atoms with Crippen molar-refractivity contribution in [1.82, 2.24) is 30.2 Å². The fraction of sp³-hybridized carbons (Fsp3) is 0.286. The smallest absolute Gasteiger partial charge is 0.407 e. The largest absolute Gasteiger partial charge is 0.465 e. The Morgan fingerprint density at radius 2 is 1.91 bits per heavy atom. The Balaban J connectivity index is 1.46. The lowest BCUT2D eigenvalue weighted by Crippen LogP contribution is -2.45. The second kappa shape index (κ2) is 8.63. The minimum atomic E-state index is -1.20. The average Bonchev–Trinajstić information content (AvgIpc) is 3.35. The standard InChI is InChI=1S/C21H22N6O5/c1-12-23-18-17(3-2-8-22-18)27(12)9-13-4-6-14(7-5-13)19(28)24-16-11-26(21(30)31)10-15(16)20(29)25-32/h2-8,15-16,32H,9-11H2,1H3,(H,24,28)(H,25,29)(H,30,31)/t15-,16+/m0/s1. The van der Waals surface area contributed by atoms with Gasteiger partial charge in [-0.05, 0) is 36.8 Å². The van der Waals surface area contributed by atoms with Gasteiger partial charge in [-0.25, -0.2) is 20.2 Å². The number of rotatable bonds is 5. The predicted octanol–water partition coefficient (Wildman–Crippen LogP) is 1.00. The molecule has 32 heavy (non-hydrogen) atoms. The molecule has 11 nitrogen and oxygen atoms in total. The third kappa shape index (κ3) is 4.10. The normalized spacial score (nSPS) is 18.0. The van der Waals surface area contributed by atoms with E-state index in [1.165, 1.54) is 5.48 Å². The highest BCUT2D eigenvalue weighted by atomic mass is 16.5. The van der Waals surface area contributed by atoms with Crippen LogP contribution in [0.25, 0.3) is 11.2 Å². The third-order valence-electron chi connectivity index (χ3n) is 5.63. The van der Waals surface area contributed by atoms with Crippen LogP contribution in [0, 0.1) is 12.8 Å². The highest BCUT2D eigenvalue weighted by molar-refractivity contribution is 5.95. The van der Waals surface area contributed by atoms with Crippen LogP contribution in [0.2, 0.25) is 0 Å². The van der Waals surface area contributed by atoms with Crippen molar-refractivity contribution in [3.8, 4) is 0 Å². The van der Waals surface area contributed by atoms with E-state index in [0.717, 1.165) is 21.8 Å². The fourth-order valence-corrected chi connectivity index (χ4v) is 3.92. The number of carbonyl (C=O) groups is 3. The molecule has 1 saturated heterocycles. The van der Waals surface area contributed by atoms with Gasteiger partial charge in [0.15, 0.2) is 5.65 Å². The van der Waals surface area contributed by atoms with E-state index < -0.39 is 29.9 Å². The van der Waals surface area contributed by atoms with Crippen molar-refractivity contribution < 1.29 is 24.7 Å². The number of hydroxylamine groups is 1. The van der Waals surface area contributed by atoms with Gasteiger partial charge in [-0.2, -0.15) is 0 Å². The molecule has 2 aromatic heterocycles. The van der Waals surface area contributed by atoms with Gasteiger partial charge < -0.3 is 19.9 Å². The van der Waals surface area contributed by atoms with Crippen molar-refractivity contribution in [2.45, 2.75) is 19.5 Å². The van der Waals surface area contributed by atoms with E-state index in [4.69, 9.17) is 5.21 Å². The van der Waals surface area contributed by atoms with E-state index in [2.05, 4.69) is 15.3 Å². The molecule has 1 aromatic carbocycles. The number of nitrogens with one attached hydrogen (secondary N) is 2. The van der Waals surface area contributed by atoms with E-state index >= 15 is 0 Å². The summed E-state index contributed by atoms with van der Waals surface area (Å²) < 4.78 is 2.04. The lowest BCUT2D eigenvalue weighted by atomic mass is 10.0. The Bertz CT molecular complexity index is 1180. The molecule has 3 heterocycles. The Kier molecular flexibility index (Phi) is 5.73. The number of carbonyl (C=O) groups excluding carboxylic acids is 2. The van der Waals surface area contributed by atoms with Crippen LogP contribution in [0.4, 0.5) is 4.79 Å². The van der Waals surface area contributed by atoms with Crippen molar-refractivity contribution in [3.05, 3.63) is 59.5 Å². The summed E-state index contributed by atoms with van der Waals surface area (Å²) in [5.74, 6) is -1.23. The zero-order chi connectivity index (χ0) is 22.8. The minimum absolute atomic E-state index is 0.0434. The number of hydrogen-bond acceptors (Lipinski definition) is 6. The molecular weight excluding hydrogens is 416 g/mol. The molecular formula is C21H22N6O5. The second-order valence-corrected chi connectivity index (χ2v) is 7.64. The molecule has 0 saturated carbocycles. The molecule has 0 radical (unpaired) electrons. The number of nitrogens with zero attached hydrogens (tertiary/aromatic N) is 4. The Morgan fingerprint density at radius 1 is 1.16 bits per heavy atom. The first-order valence-corrected chi connectivity index (χ1v) is 9.97. The first-order valence-electron chi connectivity index (χ1n) is 9.97. The number of amides is 3. The van der Waals surface area contributed by atoms with Crippen LogP contribution >= 0.6 is 0 Å². The molecule has 1 aliphatic heterocycles. The SMILES string of the molecule is Cc1nc2ncccc2n1Cc1ccc(C(=O)N[C@@H]2CN(C(=O)O)C[C@@H]2C(=O)NO)cc1. The first kappa shape index (κ1) is 21.2. The number of pyridine rings is 1. The number of fused-ring (bicyclic) bond motifs is 1. The maximum atomic E-state index is 12.7. The van der Waals surface area contributed by atoms with Gasteiger partial charge >= 0.3 is 6.09 Å². The van der Waals surface area contributed by atoms with E-state index in [0.29, 0.717) is 17.8 Å². The monoisotopic (exact) mass is 438 g/mol. The number of aromatic nitrogens is 3. The van der Waals surface area contributed by atoms with E-state index in [9.17, 15) is 19.5 Å². The fourth-order valence-electron chi connectivity index (χ4n) is 3.92. The Hall–Kier alpha value is -3.99. The molecule has 1 fully saturated rings. The predicted molar refractivity (Wildman–Crippen MR) is 112 cm³/mol. The quantitative estimate of drug-likeness (QED) is 0.343. The summed E-state index contributed by atoms with van der Waals surface area (Å²) in [6.07, 6.45) is 0.501. The highest BCUT2D eigenvalue weighted by Crippen LogP contribution is 2.19. The number of benzene rings is 1. The maximum Gasteiger partial charge on any atom is 0.407 e. The summed E-state index contributed by atoms with van der Waals surface area (Å²) in [6, 6.07) is 10.0. The van der Waals surface area contributed by atoms with Crippen molar-refractivity contribution in [1.29, 1.82) is 0 Å². The molecule has 1 aliphatic rings.